The van der Waals surface area contributed by atoms with E-state index < -0.39 is 0 Å². The van der Waals surface area contributed by atoms with E-state index in [2.05, 4.69) is 20.4 Å². The van der Waals surface area contributed by atoms with Gasteiger partial charge in [-0.25, -0.2) is 4.98 Å². The molecule has 0 fully saturated rings. The number of aromatic nitrogens is 3. The summed E-state index contributed by atoms with van der Waals surface area (Å²) in [5, 5.41) is 6.56. The summed E-state index contributed by atoms with van der Waals surface area (Å²) >= 11 is 0. The topological polar surface area (TPSA) is 94.1 Å². The van der Waals surface area contributed by atoms with Crippen LogP contribution in [0, 0.1) is 6.92 Å². The van der Waals surface area contributed by atoms with Crippen molar-refractivity contribution in [1.82, 2.24) is 20.4 Å². The van der Waals surface area contributed by atoms with Gasteiger partial charge < -0.3 is 14.3 Å². The van der Waals surface area contributed by atoms with Gasteiger partial charge in [-0.05, 0) is 12.5 Å². The molecule has 7 nitrogen and oxygen atoms in total. The molecule has 0 saturated carbocycles. The number of benzene rings is 1. The minimum absolute atomic E-state index is 0.231. The summed E-state index contributed by atoms with van der Waals surface area (Å²) in [6, 6.07) is 7.70. The quantitative estimate of drug-likeness (QED) is 0.777. The molecule has 7 heteroatoms. The molecule has 0 radical (unpaired) electrons. The average Bonchev–Trinajstić information content (AvgIpc) is 3.18. The maximum Gasteiger partial charge on any atom is 0.273 e. The number of carbonyl (C=O) groups is 1. The lowest BCUT2D eigenvalue weighted by molar-refractivity contribution is 0.0951. The van der Waals surface area contributed by atoms with Crippen LogP contribution >= 0.6 is 0 Å². The molecule has 23 heavy (non-hydrogen) atoms. The molecule has 2 aromatic heterocycles. The van der Waals surface area contributed by atoms with Gasteiger partial charge in [0, 0.05) is 25.5 Å². The first-order valence-corrected chi connectivity index (χ1v) is 7.28. The summed E-state index contributed by atoms with van der Waals surface area (Å²) in [5.74, 6) is 1.35. The summed E-state index contributed by atoms with van der Waals surface area (Å²) in [4.78, 5) is 20.0. The van der Waals surface area contributed by atoms with Crippen molar-refractivity contribution in [2.75, 3.05) is 6.54 Å². The highest BCUT2D eigenvalue weighted by molar-refractivity contribution is 5.91. The number of hydrogen-bond donors (Lipinski definition) is 1. The lowest BCUT2D eigenvalue weighted by atomic mass is 10.1. The maximum atomic E-state index is 11.7. The van der Waals surface area contributed by atoms with Gasteiger partial charge in [-0.2, -0.15) is 4.98 Å². The van der Waals surface area contributed by atoms with Crippen LogP contribution in [0.4, 0.5) is 0 Å². The SMILES string of the molecule is CCNC(=O)c1coc(Cc2ccc(-c3noc(C)n3)cc2)n1. The van der Waals surface area contributed by atoms with Gasteiger partial charge in [-0.1, -0.05) is 29.4 Å². The summed E-state index contributed by atoms with van der Waals surface area (Å²) in [7, 11) is 0. The predicted molar refractivity (Wildman–Crippen MR) is 81.8 cm³/mol. The molecule has 1 N–H and O–H groups in total. The smallest absolute Gasteiger partial charge is 0.273 e. The number of nitrogens with one attached hydrogen (secondary N) is 1. The van der Waals surface area contributed by atoms with Crippen molar-refractivity contribution in [3.63, 3.8) is 0 Å². The Balaban J connectivity index is 1.70. The highest BCUT2D eigenvalue weighted by atomic mass is 16.5. The van der Waals surface area contributed by atoms with Crippen molar-refractivity contribution in [2.24, 2.45) is 0 Å². The standard InChI is InChI=1S/C16H16N4O3/c1-3-17-16(21)13-9-22-14(19-13)8-11-4-6-12(7-5-11)15-18-10(2)23-20-15/h4-7,9H,3,8H2,1-2H3,(H,17,21). The third-order valence-corrected chi connectivity index (χ3v) is 3.22. The highest BCUT2D eigenvalue weighted by Gasteiger charge is 2.12. The first-order valence-electron chi connectivity index (χ1n) is 7.28. The van der Waals surface area contributed by atoms with Crippen LogP contribution in [0.3, 0.4) is 0 Å². The monoisotopic (exact) mass is 312 g/mol. The fraction of sp³-hybridized carbons (Fsp3) is 0.250. The van der Waals surface area contributed by atoms with E-state index in [1.54, 1.807) is 6.92 Å². The first kappa shape index (κ1) is 15.0. The Morgan fingerprint density at radius 3 is 2.65 bits per heavy atom. The van der Waals surface area contributed by atoms with Gasteiger partial charge in [-0.15, -0.1) is 0 Å². The summed E-state index contributed by atoms with van der Waals surface area (Å²) in [5.41, 5.74) is 2.18. The molecule has 0 saturated heterocycles. The average molecular weight is 312 g/mol. The number of aryl methyl sites for hydroxylation is 1. The number of amides is 1. The molecule has 0 aliphatic heterocycles. The third kappa shape index (κ3) is 3.45. The van der Waals surface area contributed by atoms with Crippen molar-refractivity contribution >= 4 is 5.91 Å². The highest BCUT2D eigenvalue weighted by Crippen LogP contribution is 2.18. The van der Waals surface area contributed by atoms with Crippen molar-refractivity contribution in [1.29, 1.82) is 0 Å². The van der Waals surface area contributed by atoms with Gasteiger partial charge >= 0.3 is 0 Å². The van der Waals surface area contributed by atoms with Crippen LogP contribution in [0.15, 0.2) is 39.5 Å². The van der Waals surface area contributed by atoms with E-state index in [1.807, 2.05) is 31.2 Å². The molecule has 0 unspecified atom stereocenters. The minimum Gasteiger partial charge on any atom is -0.448 e. The summed E-state index contributed by atoms with van der Waals surface area (Å²) in [6.45, 7) is 4.16. The van der Waals surface area contributed by atoms with E-state index in [0.717, 1.165) is 11.1 Å². The van der Waals surface area contributed by atoms with E-state index in [-0.39, 0.29) is 5.91 Å². The molecule has 118 valence electrons. The molecule has 2 heterocycles. The molecule has 3 rings (SSSR count). The molecule has 0 aliphatic carbocycles. The predicted octanol–water partition coefficient (Wildman–Crippen LogP) is 2.37. The number of hydrogen-bond acceptors (Lipinski definition) is 6. The Morgan fingerprint density at radius 2 is 2.00 bits per heavy atom. The second-order valence-corrected chi connectivity index (χ2v) is 5.00. The number of nitrogens with zero attached hydrogens (tertiary/aromatic N) is 3. The van der Waals surface area contributed by atoms with Crippen molar-refractivity contribution in [3.05, 3.63) is 53.6 Å². The van der Waals surface area contributed by atoms with Crippen LogP contribution in [0.2, 0.25) is 0 Å². The Labute approximate surface area is 132 Å². The van der Waals surface area contributed by atoms with E-state index in [1.165, 1.54) is 6.26 Å². The van der Waals surface area contributed by atoms with Crippen LogP contribution in [-0.4, -0.2) is 27.6 Å². The molecule has 0 bridgehead atoms. The van der Waals surface area contributed by atoms with Crippen molar-refractivity contribution in [3.8, 4) is 11.4 Å². The number of rotatable bonds is 5. The fourth-order valence-corrected chi connectivity index (χ4v) is 2.11. The van der Waals surface area contributed by atoms with Crippen molar-refractivity contribution < 1.29 is 13.7 Å². The van der Waals surface area contributed by atoms with Crippen LogP contribution in [0.5, 0.6) is 0 Å². The zero-order chi connectivity index (χ0) is 16.2. The Hall–Kier alpha value is -2.96. The van der Waals surface area contributed by atoms with Crippen LogP contribution < -0.4 is 5.32 Å². The lowest BCUT2D eigenvalue weighted by Gasteiger charge is -1.99. The Morgan fingerprint density at radius 1 is 1.22 bits per heavy atom. The third-order valence-electron chi connectivity index (χ3n) is 3.22. The second-order valence-electron chi connectivity index (χ2n) is 5.00. The molecule has 0 spiro atoms. The van der Waals surface area contributed by atoms with Crippen LogP contribution in [0.25, 0.3) is 11.4 Å². The van der Waals surface area contributed by atoms with E-state index in [9.17, 15) is 4.79 Å². The first-order chi connectivity index (χ1) is 11.2. The van der Waals surface area contributed by atoms with Gasteiger partial charge in [0.2, 0.25) is 11.7 Å². The molecule has 1 amide bonds. The zero-order valence-corrected chi connectivity index (χ0v) is 12.9. The van der Waals surface area contributed by atoms with E-state index in [0.29, 0.717) is 36.3 Å². The Bertz CT molecular complexity index is 805. The lowest BCUT2D eigenvalue weighted by Crippen LogP contribution is -2.22. The van der Waals surface area contributed by atoms with Gasteiger partial charge in [0.1, 0.15) is 6.26 Å². The molecule has 0 atom stereocenters. The number of oxazole rings is 1. The zero-order valence-electron chi connectivity index (χ0n) is 12.9. The molecule has 0 aliphatic rings. The van der Waals surface area contributed by atoms with Gasteiger partial charge in [0.15, 0.2) is 11.6 Å². The number of carbonyl (C=O) groups excluding carboxylic acids is 1. The minimum atomic E-state index is -0.231. The maximum absolute atomic E-state index is 11.7. The van der Waals surface area contributed by atoms with Gasteiger partial charge in [0.25, 0.3) is 5.91 Å². The van der Waals surface area contributed by atoms with E-state index in [4.69, 9.17) is 8.94 Å². The summed E-state index contributed by atoms with van der Waals surface area (Å²) < 4.78 is 10.3. The van der Waals surface area contributed by atoms with Crippen LogP contribution in [0.1, 0.15) is 34.8 Å². The normalized spacial score (nSPS) is 10.7. The molecular formula is C16H16N4O3. The fourth-order valence-electron chi connectivity index (χ4n) is 2.11. The molecule has 3 aromatic rings. The van der Waals surface area contributed by atoms with Gasteiger partial charge in [-0.3, -0.25) is 4.79 Å². The van der Waals surface area contributed by atoms with Gasteiger partial charge in [0.05, 0.1) is 0 Å². The molecule has 1 aromatic carbocycles. The largest absolute Gasteiger partial charge is 0.448 e. The van der Waals surface area contributed by atoms with Crippen LogP contribution in [-0.2, 0) is 6.42 Å². The summed E-state index contributed by atoms with van der Waals surface area (Å²) in [6.07, 6.45) is 1.88. The van der Waals surface area contributed by atoms with E-state index >= 15 is 0 Å². The second kappa shape index (κ2) is 6.43. The Kier molecular flexibility index (Phi) is 4.18. The molecular weight excluding hydrogens is 296 g/mol. The van der Waals surface area contributed by atoms with Crippen molar-refractivity contribution in [2.45, 2.75) is 20.3 Å².